The normalized spacial score (nSPS) is 16.3. The molecule has 0 bridgehead atoms. The number of carbonyl (C=O) groups is 1. The van der Waals surface area contributed by atoms with Crippen LogP contribution in [0.25, 0.3) is 0 Å². The molecule has 1 atom stereocenters. The van der Waals surface area contributed by atoms with Gasteiger partial charge in [0.05, 0.1) is 21.7 Å². The molecular formula is C19H21Cl2N3O2S. The minimum absolute atomic E-state index is 0.0950. The molecule has 1 fully saturated rings. The first-order chi connectivity index (χ1) is 13.1. The second-order valence-corrected chi connectivity index (χ2v) is 8.01. The summed E-state index contributed by atoms with van der Waals surface area (Å²) >= 11 is 13.6. The smallest absolute Gasteiger partial charge is 0.252 e. The first-order valence-electron chi connectivity index (χ1n) is 8.80. The lowest BCUT2D eigenvalue weighted by Gasteiger charge is -2.13. The molecule has 27 heavy (non-hydrogen) atoms. The van der Waals surface area contributed by atoms with Crippen molar-refractivity contribution in [1.82, 2.24) is 10.3 Å². The molecule has 5 nitrogen and oxygen atoms in total. The molecule has 0 spiro atoms. The Hall–Kier alpha value is -1.47. The molecule has 0 saturated carbocycles. The first kappa shape index (κ1) is 20.3. The van der Waals surface area contributed by atoms with E-state index < -0.39 is 0 Å². The van der Waals surface area contributed by atoms with E-state index in [1.54, 1.807) is 17.8 Å². The van der Waals surface area contributed by atoms with E-state index in [4.69, 9.17) is 27.9 Å². The van der Waals surface area contributed by atoms with E-state index in [1.165, 1.54) is 6.20 Å². The van der Waals surface area contributed by atoms with E-state index in [1.807, 2.05) is 24.3 Å². The molecule has 1 aliphatic rings. The number of carbonyl (C=O) groups excluding carboxylic acids is 1. The Balaban J connectivity index is 1.48. The van der Waals surface area contributed by atoms with Crippen LogP contribution in [0.5, 0.6) is 0 Å². The highest BCUT2D eigenvalue weighted by Gasteiger charge is 2.17. The minimum Gasteiger partial charge on any atom is -0.377 e. The summed E-state index contributed by atoms with van der Waals surface area (Å²) in [5.74, 6) is 1.32. The monoisotopic (exact) mass is 425 g/mol. The summed E-state index contributed by atoms with van der Waals surface area (Å²) in [6.45, 7) is 1.79. The number of ether oxygens (including phenoxy) is 1. The summed E-state index contributed by atoms with van der Waals surface area (Å²) < 4.78 is 5.66. The summed E-state index contributed by atoms with van der Waals surface area (Å²) in [7, 11) is 0. The molecule has 3 rings (SSSR count). The third-order valence-electron chi connectivity index (χ3n) is 4.09. The van der Waals surface area contributed by atoms with Gasteiger partial charge in [-0.25, -0.2) is 4.98 Å². The topological polar surface area (TPSA) is 63.2 Å². The molecule has 1 aromatic carbocycles. The molecule has 1 aromatic heterocycles. The van der Waals surface area contributed by atoms with Crippen LogP contribution in [-0.2, 0) is 4.74 Å². The Bertz CT molecular complexity index is 785. The van der Waals surface area contributed by atoms with Gasteiger partial charge in [-0.15, -0.1) is 11.8 Å². The molecule has 144 valence electrons. The van der Waals surface area contributed by atoms with Gasteiger partial charge in [0.15, 0.2) is 0 Å². The highest BCUT2D eigenvalue weighted by molar-refractivity contribution is 7.99. The lowest BCUT2D eigenvalue weighted by Crippen LogP contribution is -2.29. The standard InChI is InChI=1S/C19H21Cl2N3O2S/c20-13-10-16(21)18(24-11-13)22-7-8-23-19(25)15-5-1-2-6-17(15)27-12-14-4-3-9-26-14/h1-2,5-6,10-11,14H,3-4,7-9,12H2,(H,22,24)(H,23,25)/t14-/m1/s1. The molecule has 1 aliphatic heterocycles. The largest absolute Gasteiger partial charge is 0.377 e. The molecule has 2 N–H and O–H groups in total. The lowest BCUT2D eigenvalue weighted by atomic mass is 10.2. The number of benzene rings is 1. The number of hydrogen-bond acceptors (Lipinski definition) is 5. The second kappa shape index (κ2) is 10.2. The molecule has 0 radical (unpaired) electrons. The van der Waals surface area contributed by atoms with Crippen LogP contribution in [0.15, 0.2) is 41.4 Å². The number of anilines is 1. The Morgan fingerprint density at radius 1 is 1.30 bits per heavy atom. The molecule has 0 unspecified atom stereocenters. The van der Waals surface area contributed by atoms with Gasteiger partial charge in [-0.3, -0.25) is 4.79 Å². The molecule has 1 amide bonds. The summed E-state index contributed by atoms with van der Waals surface area (Å²) in [5.41, 5.74) is 0.683. The van der Waals surface area contributed by atoms with E-state index >= 15 is 0 Å². The molecule has 2 heterocycles. The van der Waals surface area contributed by atoms with Crippen LogP contribution < -0.4 is 10.6 Å². The third kappa shape index (κ3) is 6.01. The fourth-order valence-corrected chi connectivity index (χ4v) is 4.30. The Morgan fingerprint density at radius 2 is 2.15 bits per heavy atom. The number of nitrogens with zero attached hydrogens (tertiary/aromatic N) is 1. The average molecular weight is 426 g/mol. The maximum absolute atomic E-state index is 12.5. The van der Waals surface area contributed by atoms with E-state index in [9.17, 15) is 4.79 Å². The van der Waals surface area contributed by atoms with Crippen molar-refractivity contribution in [1.29, 1.82) is 0 Å². The maximum Gasteiger partial charge on any atom is 0.252 e. The zero-order valence-corrected chi connectivity index (χ0v) is 17.0. The molecule has 0 aliphatic carbocycles. The van der Waals surface area contributed by atoms with Gasteiger partial charge in [0.2, 0.25) is 0 Å². The fourth-order valence-electron chi connectivity index (χ4n) is 2.74. The van der Waals surface area contributed by atoms with Crippen molar-refractivity contribution < 1.29 is 9.53 Å². The van der Waals surface area contributed by atoms with E-state index in [-0.39, 0.29) is 12.0 Å². The Kier molecular flexibility index (Phi) is 7.64. The van der Waals surface area contributed by atoms with Gasteiger partial charge in [-0.05, 0) is 31.0 Å². The Labute approximate surface area is 173 Å². The van der Waals surface area contributed by atoms with Crippen molar-refractivity contribution in [3.8, 4) is 0 Å². The summed E-state index contributed by atoms with van der Waals surface area (Å²) in [5, 5.41) is 6.94. The number of aromatic nitrogens is 1. The summed E-state index contributed by atoms with van der Waals surface area (Å²) in [6.07, 6.45) is 4.02. The molecule has 8 heteroatoms. The lowest BCUT2D eigenvalue weighted by molar-refractivity contribution is 0.0952. The van der Waals surface area contributed by atoms with Gasteiger partial charge in [0.25, 0.3) is 5.91 Å². The number of rotatable bonds is 8. The van der Waals surface area contributed by atoms with Crippen molar-refractivity contribution in [2.45, 2.75) is 23.8 Å². The molecular weight excluding hydrogens is 405 g/mol. The highest BCUT2D eigenvalue weighted by atomic mass is 35.5. The maximum atomic E-state index is 12.5. The highest BCUT2D eigenvalue weighted by Crippen LogP contribution is 2.27. The fraction of sp³-hybridized carbons (Fsp3) is 0.368. The van der Waals surface area contributed by atoms with Gasteiger partial charge < -0.3 is 15.4 Å². The van der Waals surface area contributed by atoms with Crippen molar-refractivity contribution in [2.75, 3.05) is 30.8 Å². The van der Waals surface area contributed by atoms with Gasteiger partial charge in [-0.2, -0.15) is 0 Å². The number of pyridine rings is 1. The predicted molar refractivity (Wildman–Crippen MR) is 111 cm³/mol. The number of halogens is 2. The van der Waals surface area contributed by atoms with E-state index in [0.29, 0.717) is 34.5 Å². The van der Waals surface area contributed by atoms with Crippen molar-refractivity contribution in [3.63, 3.8) is 0 Å². The predicted octanol–water partition coefficient (Wildman–Crippen LogP) is 4.50. The van der Waals surface area contributed by atoms with Crippen LogP contribution in [0.1, 0.15) is 23.2 Å². The van der Waals surface area contributed by atoms with Crippen LogP contribution in [0.3, 0.4) is 0 Å². The van der Waals surface area contributed by atoms with Gasteiger partial charge >= 0.3 is 0 Å². The van der Waals surface area contributed by atoms with E-state index in [0.717, 1.165) is 30.1 Å². The Morgan fingerprint density at radius 3 is 2.93 bits per heavy atom. The molecule has 2 aromatic rings. The number of thioether (sulfide) groups is 1. The van der Waals surface area contributed by atoms with Gasteiger partial charge in [-0.1, -0.05) is 35.3 Å². The summed E-state index contributed by atoms with van der Waals surface area (Å²) in [6, 6.07) is 9.27. The summed E-state index contributed by atoms with van der Waals surface area (Å²) in [4.78, 5) is 17.6. The zero-order valence-electron chi connectivity index (χ0n) is 14.7. The van der Waals surface area contributed by atoms with Crippen LogP contribution in [0.2, 0.25) is 10.0 Å². The van der Waals surface area contributed by atoms with Crippen LogP contribution in [0.4, 0.5) is 5.82 Å². The van der Waals surface area contributed by atoms with Gasteiger partial charge in [0, 0.05) is 36.5 Å². The zero-order chi connectivity index (χ0) is 19.1. The average Bonchev–Trinajstić information content (AvgIpc) is 3.18. The van der Waals surface area contributed by atoms with Crippen LogP contribution in [0, 0.1) is 0 Å². The number of amides is 1. The number of nitrogens with one attached hydrogen (secondary N) is 2. The first-order valence-corrected chi connectivity index (χ1v) is 10.5. The molecule has 1 saturated heterocycles. The van der Waals surface area contributed by atoms with Crippen LogP contribution >= 0.6 is 35.0 Å². The van der Waals surface area contributed by atoms with Crippen molar-refractivity contribution in [2.24, 2.45) is 0 Å². The quantitative estimate of drug-likeness (QED) is 0.481. The second-order valence-electron chi connectivity index (χ2n) is 6.11. The minimum atomic E-state index is -0.0950. The van der Waals surface area contributed by atoms with Crippen molar-refractivity contribution >= 4 is 46.7 Å². The van der Waals surface area contributed by atoms with Gasteiger partial charge in [0.1, 0.15) is 5.82 Å². The van der Waals surface area contributed by atoms with Crippen molar-refractivity contribution in [3.05, 3.63) is 52.1 Å². The third-order valence-corrected chi connectivity index (χ3v) is 5.79. The van der Waals surface area contributed by atoms with Crippen LogP contribution in [-0.4, -0.2) is 42.4 Å². The SMILES string of the molecule is O=C(NCCNc1ncc(Cl)cc1Cl)c1ccccc1SC[C@H]1CCCO1. The number of hydrogen-bond donors (Lipinski definition) is 2. The van der Waals surface area contributed by atoms with E-state index in [2.05, 4.69) is 15.6 Å².